The summed E-state index contributed by atoms with van der Waals surface area (Å²) in [6.45, 7) is 2.06. The number of esters is 1. The highest BCUT2D eigenvalue weighted by atomic mass is 32.2. The maximum absolute atomic E-state index is 12.5. The van der Waals surface area contributed by atoms with Crippen molar-refractivity contribution in [3.63, 3.8) is 0 Å². The fourth-order valence-electron chi connectivity index (χ4n) is 3.35. The Labute approximate surface area is 178 Å². The number of nitrogens with zero attached hydrogens (tertiary/aromatic N) is 4. The van der Waals surface area contributed by atoms with E-state index in [1.165, 1.54) is 6.07 Å². The number of nitrogens with two attached hydrogens (primary N) is 1. The quantitative estimate of drug-likeness (QED) is 0.550. The highest BCUT2D eigenvalue weighted by Gasteiger charge is 2.29. The van der Waals surface area contributed by atoms with E-state index in [0.717, 1.165) is 16.7 Å². The maximum atomic E-state index is 12.5. The molecule has 4 rings (SSSR count). The molecule has 0 bridgehead atoms. The van der Waals surface area contributed by atoms with Crippen molar-refractivity contribution in [3.05, 3.63) is 60.4 Å². The number of amidine groups is 1. The molecule has 11 heteroatoms. The molecule has 1 aromatic heterocycles. The third-order valence-corrected chi connectivity index (χ3v) is 6.11. The van der Waals surface area contributed by atoms with Gasteiger partial charge in [-0.3, -0.25) is 0 Å². The van der Waals surface area contributed by atoms with Crippen molar-refractivity contribution in [2.24, 2.45) is 10.1 Å². The lowest BCUT2D eigenvalue weighted by molar-refractivity contribution is -0.135. The van der Waals surface area contributed by atoms with E-state index in [4.69, 9.17) is 10.5 Å². The Morgan fingerprint density at radius 3 is 2.74 bits per heavy atom. The molecule has 3 N–H and O–H groups in total. The van der Waals surface area contributed by atoms with Gasteiger partial charge < -0.3 is 15.8 Å². The second-order valence-electron chi connectivity index (χ2n) is 6.73. The summed E-state index contributed by atoms with van der Waals surface area (Å²) in [4.78, 5) is 12.0. The number of rotatable bonds is 6. The standard InChI is InChI=1S/C20H20N6O4S/c1-2-30-20(27)19-23-16-11-14(6-7-18(16)31(28,29)24-19)13-4-3-5-15(10-13)17(12-21)26-9-8-22-25-26/h3-11,17H,2,12,21H2,1H3,(H,23,24). The van der Waals surface area contributed by atoms with Crippen LogP contribution in [0.5, 0.6) is 0 Å². The lowest BCUT2D eigenvalue weighted by Crippen LogP contribution is -2.30. The van der Waals surface area contributed by atoms with E-state index in [9.17, 15) is 13.2 Å². The van der Waals surface area contributed by atoms with Crippen LogP contribution >= 0.6 is 0 Å². The number of ether oxygens (including phenoxy) is 1. The molecule has 0 amide bonds. The van der Waals surface area contributed by atoms with Gasteiger partial charge in [-0.05, 0) is 41.8 Å². The minimum atomic E-state index is -4.02. The summed E-state index contributed by atoms with van der Waals surface area (Å²) in [5.74, 6) is -1.20. The molecular formula is C20H20N6O4S. The van der Waals surface area contributed by atoms with Gasteiger partial charge >= 0.3 is 5.97 Å². The normalized spacial score (nSPS) is 15.4. The van der Waals surface area contributed by atoms with Gasteiger partial charge in [0.15, 0.2) is 0 Å². The Morgan fingerprint density at radius 1 is 1.23 bits per heavy atom. The largest absolute Gasteiger partial charge is 0.460 e. The molecule has 1 aliphatic heterocycles. The fraction of sp³-hybridized carbons (Fsp3) is 0.200. The minimum Gasteiger partial charge on any atom is -0.460 e. The summed E-state index contributed by atoms with van der Waals surface area (Å²) in [6.07, 6.45) is 3.33. The predicted octanol–water partition coefficient (Wildman–Crippen LogP) is 1.57. The molecule has 0 fully saturated rings. The summed E-state index contributed by atoms with van der Waals surface area (Å²) < 4.78 is 35.1. The smallest absolute Gasteiger partial charge is 0.375 e. The van der Waals surface area contributed by atoms with Crippen LogP contribution in [0.4, 0.5) is 5.69 Å². The molecule has 2 aromatic carbocycles. The topological polar surface area (TPSA) is 142 Å². The number of carbonyl (C=O) groups is 1. The minimum absolute atomic E-state index is 0.0112. The highest BCUT2D eigenvalue weighted by molar-refractivity contribution is 7.90. The lowest BCUT2D eigenvalue weighted by atomic mass is 9.99. The van der Waals surface area contributed by atoms with Gasteiger partial charge in [-0.2, -0.15) is 8.42 Å². The summed E-state index contributed by atoms with van der Waals surface area (Å²) in [6, 6.07) is 12.3. The Morgan fingerprint density at radius 2 is 2.03 bits per heavy atom. The second kappa shape index (κ2) is 8.28. The van der Waals surface area contributed by atoms with Gasteiger partial charge in [-0.25, -0.2) is 9.48 Å². The average Bonchev–Trinajstić information content (AvgIpc) is 3.28. The van der Waals surface area contributed by atoms with E-state index in [0.29, 0.717) is 6.54 Å². The summed E-state index contributed by atoms with van der Waals surface area (Å²) >= 11 is 0. The molecular weight excluding hydrogens is 420 g/mol. The lowest BCUT2D eigenvalue weighted by Gasteiger charge is -2.19. The van der Waals surface area contributed by atoms with Gasteiger partial charge in [0.25, 0.3) is 10.0 Å². The number of fused-ring (bicyclic) bond motifs is 1. The molecule has 10 nitrogen and oxygen atoms in total. The number of hydrogen-bond acceptors (Lipinski definition) is 8. The van der Waals surface area contributed by atoms with Crippen LogP contribution in [0.3, 0.4) is 0 Å². The van der Waals surface area contributed by atoms with E-state index in [1.807, 2.05) is 24.3 Å². The molecule has 2 heterocycles. The number of anilines is 1. The van der Waals surface area contributed by atoms with Gasteiger partial charge in [-0.1, -0.05) is 29.5 Å². The first-order valence-corrected chi connectivity index (χ1v) is 11.0. The van der Waals surface area contributed by atoms with Crippen LogP contribution in [0.25, 0.3) is 11.1 Å². The number of hydrogen-bond donors (Lipinski definition) is 2. The third kappa shape index (κ3) is 4.05. The van der Waals surface area contributed by atoms with Crippen molar-refractivity contribution < 1.29 is 17.9 Å². The van der Waals surface area contributed by atoms with Gasteiger partial charge in [0.2, 0.25) is 5.84 Å². The van der Waals surface area contributed by atoms with Gasteiger partial charge in [0, 0.05) is 12.7 Å². The van der Waals surface area contributed by atoms with E-state index in [-0.39, 0.29) is 29.1 Å². The summed E-state index contributed by atoms with van der Waals surface area (Å²) in [5.41, 5.74) is 8.74. The number of carbonyl (C=O) groups excluding carboxylic acids is 1. The zero-order chi connectivity index (χ0) is 22.0. The van der Waals surface area contributed by atoms with Crippen LogP contribution in [-0.4, -0.2) is 48.4 Å². The van der Waals surface area contributed by atoms with Crippen LogP contribution in [0.15, 0.2) is 64.2 Å². The summed E-state index contributed by atoms with van der Waals surface area (Å²) in [7, 11) is -4.02. The molecule has 0 spiro atoms. The highest BCUT2D eigenvalue weighted by Crippen LogP contribution is 2.33. The first-order chi connectivity index (χ1) is 14.9. The number of benzene rings is 2. The van der Waals surface area contributed by atoms with Crippen molar-refractivity contribution in [1.82, 2.24) is 15.0 Å². The van der Waals surface area contributed by atoms with Gasteiger partial charge in [0.1, 0.15) is 4.90 Å². The molecule has 1 atom stereocenters. The van der Waals surface area contributed by atoms with Crippen LogP contribution in [0, 0.1) is 0 Å². The third-order valence-electron chi connectivity index (χ3n) is 4.78. The van der Waals surface area contributed by atoms with Crippen LogP contribution < -0.4 is 11.1 Å². The monoisotopic (exact) mass is 440 g/mol. The molecule has 160 valence electrons. The van der Waals surface area contributed by atoms with Crippen molar-refractivity contribution in [3.8, 4) is 11.1 Å². The van der Waals surface area contributed by atoms with Gasteiger partial charge in [0.05, 0.1) is 24.5 Å². The average molecular weight is 440 g/mol. The fourth-order valence-corrected chi connectivity index (χ4v) is 4.43. The molecule has 0 saturated carbocycles. The Balaban J connectivity index is 1.71. The molecule has 1 unspecified atom stereocenters. The number of aromatic nitrogens is 3. The zero-order valence-electron chi connectivity index (χ0n) is 16.6. The maximum Gasteiger partial charge on any atom is 0.375 e. The Hall–Kier alpha value is -3.57. The molecule has 1 aliphatic rings. The van der Waals surface area contributed by atoms with Crippen molar-refractivity contribution in [2.75, 3.05) is 18.5 Å². The van der Waals surface area contributed by atoms with E-state index in [1.54, 1.807) is 36.1 Å². The molecule has 3 aromatic rings. The number of nitrogens with one attached hydrogen (secondary N) is 1. The zero-order valence-corrected chi connectivity index (χ0v) is 17.4. The predicted molar refractivity (Wildman–Crippen MR) is 114 cm³/mol. The van der Waals surface area contributed by atoms with E-state index >= 15 is 0 Å². The first kappa shape index (κ1) is 20.7. The Kier molecular flexibility index (Phi) is 5.53. The molecule has 0 saturated heterocycles. The summed E-state index contributed by atoms with van der Waals surface area (Å²) in [5, 5.41) is 10.6. The van der Waals surface area contributed by atoms with Crippen molar-refractivity contribution in [2.45, 2.75) is 17.9 Å². The molecule has 0 radical (unpaired) electrons. The number of sulfonamides is 1. The molecule has 0 aliphatic carbocycles. The van der Waals surface area contributed by atoms with E-state index in [2.05, 4.69) is 20.0 Å². The van der Waals surface area contributed by atoms with E-state index < -0.39 is 16.0 Å². The SMILES string of the molecule is CCOC(=O)C1=NS(=O)(=O)c2ccc(-c3cccc(C(CN)n4ccnn4)c3)cc2N1. The van der Waals surface area contributed by atoms with Crippen LogP contribution in [0.2, 0.25) is 0 Å². The van der Waals surface area contributed by atoms with Gasteiger partial charge in [-0.15, -0.1) is 9.50 Å². The second-order valence-corrected chi connectivity index (χ2v) is 8.30. The van der Waals surface area contributed by atoms with Crippen molar-refractivity contribution in [1.29, 1.82) is 0 Å². The van der Waals surface area contributed by atoms with Crippen molar-refractivity contribution >= 4 is 27.5 Å². The first-order valence-electron chi connectivity index (χ1n) is 9.52. The van der Waals surface area contributed by atoms with Crippen LogP contribution in [0.1, 0.15) is 18.5 Å². The molecule has 31 heavy (non-hydrogen) atoms. The van der Waals surface area contributed by atoms with Crippen LogP contribution in [-0.2, 0) is 19.6 Å². The Bertz CT molecular complexity index is 1250.